The second-order valence-electron chi connectivity index (χ2n) is 8.80. The summed E-state index contributed by atoms with van der Waals surface area (Å²) in [6.45, 7) is 0. The summed E-state index contributed by atoms with van der Waals surface area (Å²) in [5, 5.41) is 3.52. The van der Waals surface area contributed by atoms with Gasteiger partial charge in [0.15, 0.2) is 0 Å². The lowest BCUT2D eigenvalue weighted by molar-refractivity contribution is -0.124. The Hall–Kier alpha value is -2.63. The lowest BCUT2D eigenvalue weighted by atomic mass is 9.63. The standard InChI is InChI=1S/C24H18Cl2N2O3/c25-18-8-3-12(9-19(18)26)27-22(29)11-1-4-13(5-2-11)28-23(30)20-14-6-7-15(17-10-16(14)17)21(20)24(28)31/h1-9,14-17,20-21H,10H2,(H,27,29)/t14-,15-,16-,17-,20-,21+/m0/s1. The third-order valence-corrected chi connectivity index (χ3v) is 7.97. The number of hydrogen-bond donors (Lipinski definition) is 1. The normalized spacial score (nSPS) is 32.1. The third kappa shape index (κ3) is 2.80. The molecule has 1 heterocycles. The van der Waals surface area contributed by atoms with E-state index >= 15 is 0 Å². The molecule has 6 atom stereocenters. The first-order chi connectivity index (χ1) is 14.9. The van der Waals surface area contributed by atoms with Crippen molar-refractivity contribution in [2.45, 2.75) is 6.42 Å². The molecule has 2 aromatic rings. The van der Waals surface area contributed by atoms with Gasteiger partial charge < -0.3 is 5.32 Å². The quantitative estimate of drug-likeness (QED) is 0.536. The van der Waals surface area contributed by atoms with E-state index in [0.717, 1.165) is 6.42 Å². The summed E-state index contributed by atoms with van der Waals surface area (Å²) in [4.78, 5) is 40.3. The molecule has 3 fully saturated rings. The zero-order valence-corrected chi connectivity index (χ0v) is 17.8. The van der Waals surface area contributed by atoms with Gasteiger partial charge in [0.25, 0.3) is 5.91 Å². The van der Waals surface area contributed by atoms with Gasteiger partial charge in [-0.1, -0.05) is 35.4 Å². The molecule has 7 heteroatoms. The largest absolute Gasteiger partial charge is 0.322 e. The molecular weight excluding hydrogens is 435 g/mol. The van der Waals surface area contributed by atoms with Crippen molar-refractivity contribution in [1.82, 2.24) is 0 Å². The van der Waals surface area contributed by atoms with Crippen molar-refractivity contribution < 1.29 is 14.4 Å². The van der Waals surface area contributed by atoms with E-state index in [4.69, 9.17) is 23.2 Å². The van der Waals surface area contributed by atoms with Gasteiger partial charge in [0, 0.05) is 11.3 Å². The number of benzene rings is 2. The van der Waals surface area contributed by atoms with Gasteiger partial charge in [-0.25, -0.2) is 0 Å². The molecule has 1 N–H and O–H groups in total. The summed E-state index contributed by atoms with van der Waals surface area (Å²) in [5.41, 5.74) is 1.46. The van der Waals surface area contributed by atoms with E-state index < -0.39 is 0 Å². The van der Waals surface area contributed by atoms with Crippen molar-refractivity contribution in [1.29, 1.82) is 0 Å². The van der Waals surface area contributed by atoms with Gasteiger partial charge in [-0.15, -0.1) is 0 Å². The molecule has 4 aliphatic carbocycles. The van der Waals surface area contributed by atoms with E-state index in [9.17, 15) is 14.4 Å². The minimum absolute atomic E-state index is 0.104. The van der Waals surface area contributed by atoms with Crippen LogP contribution in [0.3, 0.4) is 0 Å². The molecule has 7 rings (SSSR count). The van der Waals surface area contributed by atoms with Crippen LogP contribution in [0.25, 0.3) is 0 Å². The third-order valence-electron chi connectivity index (χ3n) is 7.23. The van der Waals surface area contributed by atoms with Gasteiger partial charge in [0.1, 0.15) is 0 Å². The monoisotopic (exact) mass is 452 g/mol. The van der Waals surface area contributed by atoms with Crippen LogP contribution in [0, 0.1) is 35.5 Å². The lowest BCUT2D eigenvalue weighted by Gasteiger charge is -2.37. The zero-order chi connectivity index (χ0) is 21.4. The molecule has 2 bridgehead atoms. The van der Waals surface area contributed by atoms with Gasteiger partial charge in [-0.2, -0.15) is 0 Å². The fourth-order valence-electron chi connectivity index (χ4n) is 5.75. The van der Waals surface area contributed by atoms with Crippen molar-refractivity contribution >= 4 is 52.3 Å². The van der Waals surface area contributed by atoms with Crippen LogP contribution in [-0.2, 0) is 9.59 Å². The van der Waals surface area contributed by atoms with Gasteiger partial charge in [0.2, 0.25) is 11.8 Å². The van der Waals surface area contributed by atoms with Crippen LogP contribution in [0.2, 0.25) is 10.0 Å². The van der Waals surface area contributed by atoms with Crippen molar-refractivity contribution in [3.63, 3.8) is 0 Å². The number of rotatable bonds is 3. The number of imide groups is 1. The smallest absolute Gasteiger partial charge is 0.255 e. The number of nitrogens with zero attached hydrogens (tertiary/aromatic N) is 1. The van der Waals surface area contributed by atoms with E-state index in [-0.39, 0.29) is 41.4 Å². The summed E-state index contributed by atoms with van der Waals surface area (Å²) >= 11 is 11.9. The highest BCUT2D eigenvalue weighted by atomic mass is 35.5. The Morgan fingerprint density at radius 3 is 2.06 bits per heavy atom. The molecule has 0 spiro atoms. The summed E-state index contributed by atoms with van der Waals surface area (Å²) in [7, 11) is 0. The Balaban J connectivity index is 1.22. The Morgan fingerprint density at radius 1 is 0.871 bits per heavy atom. The first-order valence-corrected chi connectivity index (χ1v) is 11.1. The minimum Gasteiger partial charge on any atom is -0.322 e. The Kier molecular flexibility index (Phi) is 4.11. The van der Waals surface area contributed by atoms with E-state index in [1.54, 1.807) is 42.5 Å². The second-order valence-corrected chi connectivity index (χ2v) is 9.61. The number of amides is 3. The van der Waals surface area contributed by atoms with Crippen LogP contribution in [0.5, 0.6) is 0 Å². The molecule has 0 aromatic heterocycles. The Morgan fingerprint density at radius 2 is 1.48 bits per heavy atom. The number of anilines is 2. The van der Waals surface area contributed by atoms with Crippen molar-refractivity contribution in [3.05, 3.63) is 70.2 Å². The molecule has 1 saturated heterocycles. The first kappa shape index (κ1) is 19.1. The maximum absolute atomic E-state index is 13.2. The zero-order valence-electron chi connectivity index (χ0n) is 16.3. The van der Waals surface area contributed by atoms with Crippen LogP contribution >= 0.6 is 23.2 Å². The highest BCUT2D eigenvalue weighted by Crippen LogP contribution is 2.65. The Labute approximate surface area is 189 Å². The van der Waals surface area contributed by atoms with E-state index in [2.05, 4.69) is 17.5 Å². The minimum atomic E-state index is -0.319. The van der Waals surface area contributed by atoms with E-state index in [1.807, 2.05) is 0 Å². The van der Waals surface area contributed by atoms with Crippen LogP contribution in [0.1, 0.15) is 16.8 Å². The van der Waals surface area contributed by atoms with Crippen molar-refractivity contribution in [2.24, 2.45) is 35.5 Å². The number of carbonyl (C=O) groups is 3. The molecule has 0 unspecified atom stereocenters. The number of hydrogen-bond acceptors (Lipinski definition) is 3. The maximum atomic E-state index is 13.2. The molecule has 2 saturated carbocycles. The molecule has 5 aliphatic rings. The second kappa shape index (κ2) is 6.68. The highest BCUT2D eigenvalue weighted by molar-refractivity contribution is 6.42. The summed E-state index contributed by atoms with van der Waals surface area (Å²) in [6, 6.07) is 11.4. The molecule has 2 aromatic carbocycles. The topological polar surface area (TPSA) is 66.5 Å². The lowest BCUT2D eigenvalue weighted by Crippen LogP contribution is -2.40. The van der Waals surface area contributed by atoms with Gasteiger partial charge in [-0.3, -0.25) is 19.3 Å². The number of carbonyl (C=O) groups excluding carboxylic acids is 3. The number of halogens is 2. The summed E-state index contributed by atoms with van der Waals surface area (Å²) < 4.78 is 0. The first-order valence-electron chi connectivity index (χ1n) is 10.4. The van der Waals surface area contributed by atoms with Crippen LogP contribution in [-0.4, -0.2) is 17.7 Å². The molecule has 3 amide bonds. The average molecular weight is 453 g/mol. The van der Waals surface area contributed by atoms with E-state index in [0.29, 0.717) is 38.8 Å². The van der Waals surface area contributed by atoms with E-state index in [1.165, 1.54) is 4.90 Å². The summed E-state index contributed by atoms with van der Waals surface area (Å²) in [5.74, 6) is 0.532. The molecule has 156 valence electrons. The molecule has 0 radical (unpaired) electrons. The van der Waals surface area contributed by atoms with Gasteiger partial charge in [0.05, 0.1) is 27.6 Å². The molecule has 31 heavy (non-hydrogen) atoms. The highest BCUT2D eigenvalue weighted by Gasteiger charge is 2.67. The maximum Gasteiger partial charge on any atom is 0.255 e. The van der Waals surface area contributed by atoms with Crippen molar-refractivity contribution in [2.75, 3.05) is 10.2 Å². The van der Waals surface area contributed by atoms with Crippen LogP contribution in [0.15, 0.2) is 54.6 Å². The predicted molar refractivity (Wildman–Crippen MR) is 118 cm³/mol. The van der Waals surface area contributed by atoms with Crippen LogP contribution < -0.4 is 10.2 Å². The van der Waals surface area contributed by atoms with Gasteiger partial charge in [-0.05, 0) is 72.6 Å². The average Bonchev–Trinajstić information content (AvgIpc) is 3.54. The molecule has 5 nitrogen and oxygen atoms in total. The fourth-order valence-corrected chi connectivity index (χ4v) is 6.05. The predicted octanol–water partition coefficient (Wildman–Crippen LogP) is 4.80. The Bertz CT molecular complexity index is 1140. The summed E-state index contributed by atoms with van der Waals surface area (Å²) in [6.07, 6.45) is 5.45. The molecular formula is C24H18Cl2N2O3. The number of nitrogens with one attached hydrogen (secondary N) is 1. The molecule has 1 aliphatic heterocycles. The van der Waals surface area contributed by atoms with Crippen LogP contribution in [0.4, 0.5) is 11.4 Å². The van der Waals surface area contributed by atoms with Gasteiger partial charge >= 0.3 is 0 Å². The number of allylic oxidation sites excluding steroid dienone is 2. The fraction of sp³-hybridized carbons (Fsp3) is 0.292. The SMILES string of the molecule is O=C(Nc1ccc(Cl)c(Cl)c1)c1ccc(N2C(=O)[C@@H]3[C@H]4C=C[C@@H]([C@@H]5C[C@@H]45)[C@@H]3C2=O)cc1. The van der Waals surface area contributed by atoms with Crippen molar-refractivity contribution in [3.8, 4) is 0 Å².